The third-order valence-electron chi connectivity index (χ3n) is 2.58. The number of halogens is 2. The van der Waals surface area contributed by atoms with E-state index in [9.17, 15) is 4.39 Å². The van der Waals surface area contributed by atoms with E-state index in [0.29, 0.717) is 22.5 Å². The van der Waals surface area contributed by atoms with E-state index in [4.69, 9.17) is 11.6 Å². The van der Waals surface area contributed by atoms with Crippen LogP contribution in [0.15, 0.2) is 24.4 Å². The molecular formula is C14H16ClFN4. The highest BCUT2D eigenvalue weighted by Crippen LogP contribution is 2.24. The SMILES string of the molecule is CCCNc1ncc(Cl)c(Nc2cc(C)cc(F)c2)n1. The van der Waals surface area contributed by atoms with Crippen LogP contribution in [0.4, 0.5) is 21.8 Å². The van der Waals surface area contributed by atoms with Crippen molar-refractivity contribution in [1.82, 2.24) is 9.97 Å². The molecule has 0 unspecified atom stereocenters. The van der Waals surface area contributed by atoms with Crippen molar-refractivity contribution in [2.24, 2.45) is 0 Å². The second kappa shape index (κ2) is 6.52. The van der Waals surface area contributed by atoms with Crippen LogP contribution in [-0.2, 0) is 0 Å². The number of nitrogens with zero attached hydrogens (tertiary/aromatic N) is 2. The third kappa shape index (κ3) is 3.81. The van der Waals surface area contributed by atoms with Crippen molar-refractivity contribution in [3.63, 3.8) is 0 Å². The van der Waals surface area contributed by atoms with Crippen LogP contribution in [-0.4, -0.2) is 16.5 Å². The molecule has 4 nitrogen and oxygen atoms in total. The van der Waals surface area contributed by atoms with Gasteiger partial charge in [-0.1, -0.05) is 18.5 Å². The van der Waals surface area contributed by atoms with Gasteiger partial charge in [0.2, 0.25) is 5.95 Å². The maximum atomic E-state index is 13.4. The molecule has 0 bridgehead atoms. The fraction of sp³-hybridized carbons (Fsp3) is 0.286. The van der Waals surface area contributed by atoms with Gasteiger partial charge in [0.15, 0.2) is 5.82 Å². The molecule has 20 heavy (non-hydrogen) atoms. The van der Waals surface area contributed by atoms with Crippen LogP contribution in [0.2, 0.25) is 5.02 Å². The van der Waals surface area contributed by atoms with Crippen LogP contribution in [0.1, 0.15) is 18.9 Å². The maximum Gasteiger partial charge on any atom is 0.224 e. The number of rotatable bonds is 5. The maximum absolute atomic E-state index is 13.4. The summed E-state index contributed by atoms with van der Waals surface area (Å²) in [5.74, 6) is 0.638. The van der Waals surface area contributed by atoms with E-state index in [1.54, 1.807) is 0 Å². The van der Waals surface area contributed by atoms with E-state index in [0.717, 1.165) is 18.5 Å². The molecule has 0 saturated carbocycles. The van der Waals surface area contributed by atoms with E-state index in [2.05, 4.69) is 27.5 Å². The van der Waals surface area contributed by atoms with Gasteiger partial charge in [0.1, 0.15) is 10.8 Å². The minimum Gasteiger partial charge on any atom is -0.354 e. The van der Waals surface area contributed by atoms with Crippen molar-refractivity contribution in [2.75, 3.05) is 17.2 Å². The molecule has 0 radical (unpaired) electrons. The lowest BCUT2D eigenvalue weighted by atomic mass is 10.2. The predicted octanol–water partition coefficient (Wildman–Crippen LogP) is 4.14. The van der Waals surface area contributed by atoms with Gasteiger partial charge < -0.3 is 10.6 Å². The lowest BCUT2D eigenvalue weighted by Gasteiger charge is -2.10. The lowest BCUT2D eigenvalue weighted by Crippen LogP contribution is -2.06. The van der Waals surface area contributed by atoms with Gasteiger partial charge in [-0.05, 0) is 37.1 Å². The monoisotopic (exact) mass is 294 g/mol. The Labute approximate surface area is 122 Å². The Bertz CT molecular complexity index is 583. The van der Waals surface area contributed by atoms with Gasteiger partial charge in [0, 0.05) is 12.2 Å². The fourth-order valence-corrected chi connectivity index (χ4v) is 1.86. The second-order valence-electron chi connectivity index (χ2n) is 4.46. The van der Waals surface area contributed by atoms with Crippen molar-refractivity contribution >= 4 is 29.1 Å². The molecule has 2 N–H and O–H groups in total. The van der Waals surface area contributed by atoms with Crippen molar-refractivity contribution in [3.05, 3.63) is 40.8 Å². The zero-order valence-corrected chi connectivity index (χ0v) is 12.1. The average Bonchev–Trinajstić information content (AvgIpc) is 2.38. The molecule has 1 aromatic heterocycles. The number of aromatic nitrogens is 2. The summed E-state index contributed by atoms with van der Waals surface area (Å²) < 4.78 is 13.4. The summed E-state index contributed by atoms with van der Waals surface area (Å²) in [6.07, 6.45) is 2.48. The highest BCUT2D eigenvalue weighted by atomic mass is 35.5. The van der Waals surface area contributed by atoms with E-state index in [1.807, 2.05) is 13.0 Å². The van der Waals surface area contributed by atoms with Crippen LogP contribution in [0.3, 0.4) is 0 Å². The first-order chi connectivity index (χ1) is 9.58. The molecule has 0 fully saturated rings. The van der Waals surface area contributed by atoms with Crippen molar-refractivity contribution in [3.8, 4) is 0 Å². The zero-order valence-electron chi connectivity index (χ0n) is 11.4. The van der Waals surface area contributed by atoms with Gasteiger partial charge in [-0.15, -0.1) is 0 Å². The molecule has 2 aromatic rings. The number of nitrogens with one attached hydrogen (secondary N) is 2. The topological polar surface area (TPSA) is 49.8 Å². The molecule has 6 heteroatoms. The van der Waals surface area contributed by atoms with Gasteiger partial charge in [0.05, 0.1) is 6.20 Å². The molecule has 0 spiro atoms. The number of aryl methyl sites for hydroxylation is 1. The van der Waals surface area contributed by atoms with Crippen LogP contribution < -0.4 is 10.6 Å². The Hall–Kier alpha value is -1.88. The zero-order chi connectivity index (χ0) is 14.5. The molecule has 0 aliphatic rings. The molecule has 0 atom stereocenters. The molecule has 2 rings (SSSR count). The fourth-order valence-electron chi connectivity index (χ4n) is 1.72. The van der Waals surface area contributed by atoms with Crippen LogP contribution in [0.5, 0.6) is 0 Å². The van der Waals surface area contributed by atoms with Crippen LogP contribution >= 0.6 is 11.6 Å². The summed E-state index contributed by atoms with van der Waals surface area (Å²) in [6.45, 7) is 4.65. The van der Waals surface area contributed by atoms with Crippen LogP contribution in [0.25, 0.3) is 0 Å². The minimum atomic E-state index is -0.304. The minimum absolute atomic E-state index is 0.304. The molecule has 0 aliphatic carbocycles. The number of anilines is 3. The first-order valence-electron chi connectivity index (χ1n) is 6.39. The third-order valence-corrected chi connectivity index (χ3v) is 2.86. The summed E-state index contributed by atoms with van der Waals surface area (Å²) in [7, 11) is 0. The summed E-state index contributed by atoms with van der Waals surface area (Å²) in [5, 5.41) is 6.47. The Balaban J connectivity index is 2.23. The highest BCUT2D eigenvalue weighted by molar-refractivity contribution is 6.32. The number of benzene rings is 1. The standard InChI is InChI=1S/C14H16ClFN4/c1-3-4-17-14-18-8-12(15)13(20-14)19-11-6-9(2)5-10(16)7-11/h5-8H,3-4H2,1-2H3,(H2,17,18,19,20). The van der Waals surface area contributed by atoms with Crippen molar-refractivity contribution < 1.29 is 4.39 Å². The van der Waals surface area contributed by atoms with Gasteiger partial charge in [-0.25, -0.2) is 9.37 Å². The Kier molecular flexibility index (Phi) is 4.74. The number of hydrogen-bond donors (Lipinski definition) is 2. The quantitative estimate of drug-likeness (QED) is 0.870. The Morgan fingerprint density at radius 3 is 2.80 bits per heavy atom. The molecule has 0 aliphatic heterocycles. The lowest BCUT2D eigenvalue weighted by molar-refractivity contribution is 0.627. The van der Waals surface area contributed by atoms with E-state index in [1.165, 1.54) is 18.3 Å². The van der Waals surface area contributed by atoms with Gasteiger partial charge in [-0.2, -0.15) is 4.98 Å². The normalized spacial score (nSPS) is 10.4. The van der Waals surface area contributed by atoms with Crippen molar-refractivity contribution in [2.45, 2.75) is 20.3 Å². The van der Waals surface area contributed by atoms with Crippen LogP contribution in [0, 0.1) is 12.7 Å². The average molecular weight is 295 g/mol. The summed E-state index contributed by atoms with van der Waals surface area (Å²) in [4.78, 5) is 8.36. The number of hydrogen-bond acceptors (Lipinski definition) is 4. The Morgan fingerprint density at radius 1 is 1.30 bits per heavy atom. The van der Waals surface area contributed by atoms with E-state index in [-0.39, 0.29) is 5.82 Å². The smallest absolute Gasteiger partial charge is 0.224 e. The molecule has 1 aromatic carbocycles. The summed E-state index contributed by atoms with van der Waals surface area (Å²) in [6, 6.07) is 4.67. The first kappa shape index (κ1) is 14.5. The molecule has 106 valence electrons. The van der Waals surface area contributed by atoms with Gasteiger partial charge >= 0.3 is 0 Å². The second-order valence-corrected chi connectivity index (χ2v) is 4.87. The largest absolute Gasteiger partial charge is 0.354 e. The van der Waals surface area contributed by atoms with E-state index >= 15 is 0 Å². The molecule has 0 amide bonds. The molecular weight excluding hydrogens is 279 g/mol. The first-order valence-corrected chi connectivity index (χ1v) is 6.77. The Morgan fingerprint density at radius 2 is 2.10 bits per heavy atom. The van der Waals surface area contributed by atoms with E-state index < -0.39 is 0 Å². The van der Waals surface area contributed by atoms with Crippen molar-refractivity contribution in [1.29, 1.82) is 0 Å². The van der Waals surface area contributed by atoms with Gasteiger partial charge in [0.25, 0.3) is 0 Å². The molecule has 1 heterocycles. The van der Waals surface area contributed by atoms with Gasteiger partial charge in [-0.3, -0.25) is 0 Å². The summed E-state index contributed by atoms with van der Waals surface area (Å²) in [5.41, 5.74) is 1.42. The molecule has 0 saturated heterocycles. The highest BCUT2D eigenvalue weighted by Gasteiger charge is 2.07. The summed E-state index contributed by atoms with van der Waals surface area (Å²) >= 11 is 6.05. The predicted molar refractivity (Wildman–Crippen MR) is 80.2 cm³/mol.